The van der Waals surface area contributed by atoms with Crippen LogP contribution in [0.1, 0.15) is 25.7 Å². The van der Waals surface area contributed by atoms with Gasteiger partial charge in [-0.05, 0) is 12.8 Å². The lowest BCUT2D eigenvalue weighted by Gasteiger charge is -2.44. The van der Waals surface area contributed by atoms with Crippen molar-refractivity contribution in [3.63, 3.8) is 0 Å². The van der Waals surface area contributed by atoms with E-state index in [0.717, 1.165) is 32.2 Å². The molecule has 2 spiro atoms. The molecule has 0 atom stereocenters. The minimum Gasteiger partial charge on any atom is -0.449 e. The summed E-state index contributed by atoms with van der Waals surface area (Å²) in [4.78, 5) is 11.0. The van der Waals surface area contributed by atoms with Gasteiger partial charge in [-0.2, -0.15) is 0 Å². The van der Waals surface area contributed by atoms with E-state index in [9.17, 15) is 4.79 Å². The largest absolute Gasteiger partial charge is 0.449 e. The van der Waals surface area contributed by atoms with Crippen LogP contribution < -0.4 is 5.32 Å². The van der Waals surface area contributed by atoms with Crippen LogP contribution in [0.3, 0.4) is 0 Å². The first-order valence-corrected chi connectivity index (χ1v) is 5.91. The zero-order chi connectivity index (χ0) is 11.1. The normalized spacial score (nSPS) is 31.4. The summed E-state index contributed by atoms with van der Waals surface area (Å²) in [7, 11) is 0. The molecule has 0 aromatic carbocycles. The average Bonchev–Trinajstić information content (AvgIpc) is 2.76. The molecule has 1 amide bonds. The highest BCUT2D eigenvalue weighted by Crippen LogP contribution is 2.45. The number of amides is 1. The second-order valence-corrected chi connectivity index (χ2v) is 5.04. The van der Waals surface area contributed by atoms with Crippen molar-refractivity contribution in [2.75, 3.05) is 26.4 Å². The molecule has 0 radical (unpaired) electrons. The summed E-state index contributed by atoms with van der Waals surface area (Å²) in [6, 6.07) is 0. The number of carbonyl (C=O) groups excluding carboxylic acids is 1. The monoisotopic (exact) mass is 227 g/mol. The Hall–Kier alpha value is -0.810. The van der Waals surface area contributed by atoms with Crippen LogP contribution in [0.15, 0.2) is 0 Å². The summed E-state index contributed by atoms with van der Waals surface area (Å²) < 4.78 is 16.5. The van der Waals surface area contributed by atoms with Gasteiger partial charge in [-0.25, -0.2) is 4.79 Å². The van der Waals surface area contributed by atoms with Crippen LogP contribution >= 0.6 is 0 Å². The van der Waals surface area contributed by atoms with Crippen molar-refractivity contribution in [2.45, 2.75) is 31.5 Å². The van der Waals surface area contributed by atoms with E-state index < -0.39 is 0 Å². The van der Waals surface area contributed by atoms with Crippen LogP contribution in [-0.2, 0) is 14.2 Å². The third-order valence-corrected chi connectivity index (χ3v) is 4.00. The molecule has 0 unspecified atom stereocenters. The van der Waals surface area contributed by atoms with Gasteiger partial charge in [0, 0.05) is 24.8 Å². The summed E-state index contributed by atoms with van der Waals surface area (Å²) in [6.45, 7) is 2.68. The zero-order valence-electron chi connectivity index (χ0n) is 9.29. The summed E-state index contributed by atoms with van der Waals surface area (Å²) >= 11 is 0. The Morgan fingerprint density at radius 2 is 1.75 bits per heavy atom. The topological polar surface area (TPSA) is 56.8 Å². The van der Waals surface area contributed by atoms with Crippen LogP contribution in [0.25, 0.3) is 0 Å². The Bertz CT molecular complexity index is 276. The van der Waals surface area contributed by atoms with Crippen LogP contribution in [0.2, 0.25) is 0 Å². The first kappa shape index (κ1) is 10.4. The van der Waals surface area contributed by atoms with Crippen LogP contribution in [0, 0.1) is 5.41 Å². The van der Waals surface area contributed by atoms with Crippen LogP contribution in [-0.4, -0.2) is 38.2 Å². The van der Waals surface area contributed by atoms with Crippen molar-refractivity contribution < 1.29 is 19.0 Å². The third-order valence-electron chi connectivity index (χ3n) is 4.00. The molecule has 2 heterocycles. The Kier molecular flexibility index (Phi) is 2.33. The van der Waals surface area contributed by atoms with E-state index in [-0.39, 0.29) is 17.3 Å². The summed E-state index contributed by atoms with van der Waals surface area (Å²) in [5, 5.41) is 2.78. The number of carbonyl (C=O) groups is 1. The molecule has 3 rings (SSSR count). The number of nitrogens with one attached hydrogen (secondary N) is 1. The summed E-state index contributed by atoms with van der Waals surface area (Å²) in [5.41, 5.74) is 0.106. The van der Waals surface area contributed by atoms with Gasteiger partial charge < -0.3 is 19.5 Å². The Labute approximate surface area is 94.4 Å². The van der Waals surface area contributed by atoms with Gasteiger partial charge in [0.1, 0.15) is 6.61 Å². The van der Waals surface area contributed by atoms with Crippen LogP contribution in [0.5, 0.6) is 0 Å². The first-order valence-electron chi connectivity index (χ1n) is 5.91. The van der Waals surface area contributed by atoms with Crippen molar-refractivity contribution >= 4 is 6.09 Å². The number of rotatable bonds is 0. The maximum atomic E-state index is 11.0. The number of cyclic esters (lactones) is 1. The van der Waals surface area contributed by atoms with E-state index in [1.807, 2.05) is 0 Å². The smallest absolute Gasteiger partial charge is 0.407 e. The molecule has 1 N–H and O–H groups in total. The second-order valence-electron chi connectivity index (χ2n) is 5.04. The van der Waals surface area contributed by atoms with Gasteiger partial charge in [-0.15, -0.1) is 0 Å². The molecule has 1 aliphatic carbocycles. The Balaban J connectivity index is 1.63. The molecule has 2 saturated heterocycles. The first-order chi connectivity index (χ1) is 7.72. The lowest BCUT2D eigenvalue weighted by atomic mass is 9.72. The maximum Gasteiger partial charge on any atom is 0.407 e. The standard InChI is InChI=1S/C11H17NO4/c13-9-12-7-10(8-14-9)1-3-11(4-2-10)15-5-6-16-11/h1-8H2,(H,12,13). The average molecular weight is 227 g/mol. The molecule has 3 fully saturated rings. The van der Waals surface area contributed by atoms with Crippen LogP contribution in [0.4, 0.5) is 4.79 Å². The molecule has 0 bridgehead atoms. The highest BCUT2D eigenvalue weighted by Gasteiger charge is 2.48. The molecular formula is C11H17NO4. The molecule has 0 aromatic rings. The third kappa shape index (κ3) is 1.68. The fourth-order valence-electron chi connectivity index (χ4n) is 2.85. The van der Waals surface area contributed by atoms with Crippen molar-refractivity contribution in [3.8, 4) is 0 Å². The van der Waals surface area contributed by atoms with E-state index >= 15 is 0 Å². The van der Waals surface area contributed by atoms with Gasteiger partial charge in [0.25, 0.3) is 0 Å². The molecule has 90 valence electrons. The second kappa shape index (κ2) is 3.60. The number of hydrogen-bond donors (Lipinski definition) is 1. The minimum atomic E-state index is -0.327. The van der Waals surface area contributed by atoms with E-state index in [1.54, 1.807) is 0 Å². The minimum absolute atomic E-state index is 0.106. The zero-order valence-corrected chi connectivity index (χ0v) is 9.29. The highest BCUT2D eigenvalue weighted by molar-refractivity contribution is 5.68. The molecule has 16 heavy (non-hydrogen) atoms. The van der Waals surface area contributed by atoms with Gasteiger partial charge in [0.2, 0.25) is 0 Å². The SMILES string of the molecule is O=C1NCC2(CCC3(CC2)OCCO3)CO1. The lowest BCUT2D eigenvalue weighted by Crippen LogP contribution is -2.51. The summed E-state index contributed by atoms with van der Waals surface area (Å²) in [6.07, 6.45) is 3.51. The Morgan fingerprint density at radius 1 is 1.06 bits per heavy atom. The lowest BCUT2D eigenvalue weighted by molar-refractivity contribution is -0.195. The van der Waals surface area contributed by atoms with E-state index in [2.05, 4.69) is 5.32 Å². The maximum absolute atomic E-state index is 11.0. The van der Waals surface area contributed by atoms with Crippen molar-refractivity contribution in [2.24, 2.45) is 5.41 Å². The van der Waals surface area contributed by atoms with Crippen molar-refractivity contribution in [1.82, 2.24) is 5.32 Å². The molecule has 0 aromatic heterocycles. The molecular weight excluding hydrogens is 210 g/mol. The predicted molar refractivity (Wildman–Crippen MR) is 54.9 cm³/mol. The Morgan fingerprint density at radius 3 is 2.31 bits per heavy atom. The van der Waals surface area contributed by atoms with Crippen molar-refractivity contribution in [3.05, 3.63) is 0 Å². The van der Waals surface area contributed by atoms with Gasteiger partial charge >= 0.3 is 6.09 Å². The van der Waals surface area contributed by atoms with E-state index in [0.29, 0.717) is 19.8 Å². The summed E-state index contributed by atoms with van der Waals surface area (Å²) in [5.74, 6) is -0.327. The van der Waals surface area contributed by atoms with Gasteiger partial charge in [0.15, 0.2) is 5.79 Å². The quantitative estimate of drug-likeness (QED) is 0.671. The van der Waals surface area contributed by atoms with E-state index in [4.69, 9.17) is 14.2 Å². The predicted octanol–water partition coefficient (Wildman–Crippen LogP) is 1.03. The molecule has 5 nitrogen and oxygen atoms in total. The number of ether oxygens (including phenoxy) is 3. The number of alkyl carbamates (subject to hydrolysis) is 1. The van der Waals surface area contributed by atoms with Gasteiger partial charge in [0.05, 0.1) is 13.2 Å². The fourth-order valence-corrected chi connectivity index (χ4v) is 2.85. The van der Waals surface area contributed by atoms with Crippen molar-refractivity contribution in [1.29, 1.82) is 0 Å². The molecule has 3 aliphatic rings. The fraction of sp³-hybridized carbons (Fsp3) is 0.909. The molecule has 2 aliphatic heterocycles. The highest BCUT2D eigenvalue weighted by atomic mass is 16.7. The van der Waals surface area contributed by atoms with E-state index in [1.165, 1.54) is 0 Å². The number of hydrogen-bond acceptors (Lipinski definition) is 4. The molecule has 1 saturated carbocycles. The van der Waals surface area contributed by atoms with Gasteiger partial charge in [-0.3, -0.25) is 0 Å². The van der Waals surface area contributed by atoms with Gasteiger partial charge in [-0.1, -0.05) is 0 Å². The molecule has 5 heteroatoms.